The number of nitrogens with two attached hydrogens (primary N) is 1. The molecule has 0 heterocycles. The van der Waals surface area contributed by atoms with Crippen molar-refractivity contribution >= 4 is 34.8 Å². The Labute approximate surface area is 84.2 Å². The highest BCUT2D eigenvalue weighted by atomic mass is 35.5. The number of rotatable bonds is 1. The SMILES string of the molecule is Nc1c(Cl)cc(Cl)cc1C(=O)NO. The van der Waals surface area contributed by atoms with E-state index in [2.05, 4.69) is 0 Å². The molecule has 1 aromatic carbocycles. The van der Waals surface area contributed by atoms with E-state index in [0.717, 1.165) is 0 Å². The van der Waals surface area contributed by atoms with Crippen LogP contribution in [-0.2, 0) is 0 Å². The molecule has 0 aromatic heterocycles. The Morgan fingerprint density at radius 2 is 2.08 bits per heavy atom. The Hall–Kier alpha value is -0.970. The Morgan fingerprint density at radius 3 is 2.62 bits per heavy atom. The number of amides is 1. The van der Waals surface area contributed by atoms with Crippen LogP contribution < -0.4 is 11.2 Å². The molecule has 70 valence electrons. The summed E-state index contributed by atoms with van der Waals surface area (Å²) < 4.78 is 0. The van der Waals surface area contributed by atoms with Gasteiger partial charge in [-0.15, -0.1) is 0 Å². The second kappa shape index (κ2) is 3.83. The molecule has 4 N–H and O–H groups in total. The van der Waals surface area contributed by atoms with Gasteiger partial charge in [0.05, 0.1) is 16.3 Å². The maximum absolute atomic E-state index is 11.0. The molecule has 0 fully saturated rings. The lowest BCUT2D eigenvalue weighted by Crippen LogP contribution is -2.20. The van der Waals surface area contributed by atoms with Crippen molar-refractivity contribution in [2.45, 2.75) is 0 Å². The molecule has 4 nitrogen and oxygen atoms in total. The molecule has 0 spiro atoms. The van der Waals surface area contributed by atoms with Crippen LogP contribution in [0.1, 0.15) is 10.4 Å². The van der Waals surface area contributed by atoms with Crippen molar-refractivity contribution in [3.05, 3.63) is 27.7 Å². The van der Waals surface area contributed by atoms with Gasteiger partial charge >= 0.3 is 0 Å². The van der Waals surface area contributed by atoms with Gasteiger partial charge in [0, 0.05) is 5.02 Å². The molecule has 0 atom stereocenters. The third-order valence-corrected chi connectivity index (χ3v) is 1.97. The van der Waals surface area contributed by atoms with Gasteiger partial charge in [0.15, 0.2) is 0 Å². The van der Waals surface area contributed by atoms with E-state index in [1.54, 1.807) is 0 Å². The summed E-state index contributed by atoms with van der Waals surface area (Å²) >= 11 is 11.3. The van der Waals surface area contributed by atoms with Crippen LogP contribution in [0.2, 0.25) is 10.0 Å². The number of halogens is 2. The molecular formula is C7H6Cl2N2O2. The number of hydrogen-bond donors (Lipinski definition) is 3. The lowest BCUT2D eigenvalue weighted by atomic mass is 10.2. The normalized spacial score (nSPS) is 9.77. The van der Waals surface area contributed by atoms with Gasteiger partial charge < -0.3 is 5.73 Å². The molecule has 0 saturated heterocycles. The first-order chi connectivity index (χ1) is 6.06. The Kier molecular flexibility index (Phi) is 2.98. The summed E-state index contributed by atoms with van der Waals surface area (Å²) in [5, 5.41) is 8.80. The van der Waals surface area contributed by atoms with Gasteiger partial charge in [-0.2, -0.15) is 0 Å². The van der Waals surface area contributed by atoms with E-state index in [4.69, 9.17) is 34.1 Å². The summed E-state index contributed by atoms with van der Waals surface area (Å²) in [7, 11) is 0. The smallest absolute Gasteiger partial charge is 0.276 e. The topological polar surface area (TPSA) is 75.4 Å². The predicted molar refractivity (Wildman–Crippen MR) is 50.1 cm³/mol. The summed E-state index contributed by atoms with van der Waals surface area (Å²) in [5.41, 5.74) is 7.03. The van der Waals surface area contributed by atoms with Crippen LogP contribution in [0.5, 0.6) is 0 Å². The van der Waals surface area contributed by atoms with E-state index in [1.807, 2.05) is 0 Å². The molecule has 6 heteroatoms. The van der Waals surface area contributed by atoms with Crippen LogP contribution in [0.3, 0.4) is 0 Å². The number of carbonyl (C=O) groups is 1. The number of benzene rings is 1. The third kappa shape index (κ3) is 2.03. The summed E-state index contributed by atoms with van der Waals surface area (Å²) in [6.07, 6.45) is 0. The number of nitrogen functional groups attached to an aromatic ring is 1. The van der Waals surface area contributed by atoms with Gasteiger partial charge in [0.25, 0.3) is 5.91 Å². The zero-order valence-corrected chi connectivity index (χ0v) is 7.86. The molecule has 0 radical (unpaired) electrons. The summed E-state index contributed by atoms with van der Waals surface area (Å²) in [6.45, 7) is 0. The molecule has 0 aliphatic heterocycles. The standard InChI is InChI=1S/C7H6Cl2N2O2/c8-3-1-4(7(12)11-13)6(10)5(9)2-3/h1-2,13H,10H2,(H,11,12). The molecule has 1 amide bonds. The number of carbonyl (C=O) groups excluding carboxylic acids is 1. The fraction of sp³-hybridized carbons (Fsp3) is 0. The van der Waals surface area contributed by atoms with Gasteiger partial charge in [-0.1, -0.05) is 23.2 Å². The number of hydroxylamine groups is 1. The van der Waals surface area contributed by atoms with Crippen molar-refractivity contribution in [1.29, 1.82) is 0 Å². The average molecular weight is 221 g/mol. The maximum Gasteiger partial charge on any atom is 0.276 e. The summed E-state index contributed by atoms with van der Waals surface area (Å²) in [4.78, 5) is 11.0. The van der Waals surface area contributed by atoms with Crippen LogP contribution in [0.15, 0.2) is 12.1 Å². The van der Waals surface area contributed by atoms with E-state index >= 15 is 0 Å². The molecule has 0 aliphatic rings. The van der Waals surface area contributed by atoms with Crippen LogP contribution in [0.4, 0.5) is 5.69 Å². The quantitative estimate of drug-likeness (QED) is 0.383. The van der Waals surface area contributed by atoms with Gasteiger partial charge in [0.1, 0.15) is 0 Å². The van der Waals surface area contributed by atoms with E-state index in [0.29, 0.717) is 0 Å². The Bertz CT molecular complexity index is 355. The van der Waals surface area contributed by atoms with E-state index < -0.39 is 5.91 Å². The van der Waals surface area contributed by atoms with Crippen molar-refractivity contribution in [2.75, 3.05) is 5.73 Å². The molecule has 0 aliphatic carbocycles. The second-order valence-corrected chi connectivity index (χ2v) is 3.13. The van der Waals surface area contributed by atoms with Crippen molar-refractivity contribution in [1.82, 2.24) is 5.48 Å². The molecule has 0 unspecified atom stereocenters. The van der Waals surface area contributed by atoms with Gasteiger partial charge in [-0.3, -0.25) is 10.0 Å². The minimum Gasteiger partial charge on any atom is -0.397 e. The molecule has 0 bridgehead atoms. The van der Waals surface area contributed by atoms with Crippen molar-refractivity contribution in [2.24, 2.45) is 0 Å². The molecule has 1 rings (SSSR count). The van der Waals surface area contributed by atoms with Gasteiger partial charge in [0.2, 0.25) is 0 Å². The largest absolute Gasteiger partial charge is 0.397 e. The highest BCUT2D eigenvalue weighted by molar-refractivity contribution is 6.37. The van der Waals surface area contributed by atoms with Crippen LogP contribution in [0.25, 0.3) is 0 Å². The molecule has 0 saturated carbocycles. The average Bonchev–Trinajstić information content (AvgIpc) is 2.10. The van der Waals surface area contributed by atoms with Gasteiger partial charge in [-0.05, 0) is 12.1 Å². The van der Waals surface area contributed by atoms with Gasteiger partial charge in [-0.25, -0.2) is 5.48 Å². The third-order valence-electron chi connectivity index (χ3n) is 1.44. The summed E-state index contributed by atoms with van der Waals surface area (Å²) in [5.74, 6) is -0.748. The first-order valence-corrected chi connectivity index (χ1v) is 4.01. The first-order valence-electron chi connectivity index (χ1n) is 3.25. The van der Waals surface area contributed by atoms with E-state index in [9.17, 15) is 4.79 Å². The zero-order chi connectivity index (χ0) is 10.0. The number of hydrogen-bond acceptors (Lipinski definition) is 3. The lowest BCUT2D eigenvalue weighted by Gasteiger charge is -2.05. The van der Waals surface area contributed by atoms with E-state index in [1.165, 1.54) is 17.6 Å². The van der Waals surface area contributed by atoms with Crippen LogP contribution in [0, 0.1) is 0 Å². The monoisotopic (exact) mass is 220 g/mol. The minimum atomic E-state index is -0.748. The highest BCUT2D eigenvalue weighted by Gasteiger charge is 2.12. The summed E-state index contributed by atoms with van der Waals surface area (Å²) in [6, 6.07) is 2.72. The zero-order valence-electron chi connectivity index (χ0n) is 6.34. The minimum absolute atomic E-state index is 0.0417. The first kappa shape index (κ1) is 10.1. The number of nitrogens with one attached hydrogen (secondary N) is 1. The maximum atomic E-state index is 11.0. The fourth-order valence-corrected chi connectivity index (χ4v) is 1.33. The fourth-order valence-electron chi connectivity index (χ4n) is 0.833. The van der Waals surface area contributed by atoms with Crippen LogP contribution >= 0.6 is 23.2 Å². The Balaban J connectivity index is 3.28. The van der Waals surface area contributed by atoms with E-state index in [-0.39, 0.29) is 21.3 Å². The van der Waals surface area contributed by atoms with Crippen molar-refractivity contribution in [3.63, 3.8) is 0 Å². The predicted octanol–water partition coefficient (Wildman–Crippen LogP) is 1.69. The Morgan fingerprint density at radius 1 is 1.46 bits per heavy atom. The molecule has 1 aromatic rings. The van der Waals surface area contributed by atoms with Crippen molar-refractivity contribution in [3.8, 4) is 0 Å². The number of anilines is 1. The van der Waals surface area contributed by atoms with Crippen LogP contribution in [-0.4, -0.2) is 11.1 Å². The lowest BCUT2D eigenvalue weighted by molar-refractivity contribution is 0.0707. The highest BCUT2D eigenvalue weighted by Crippen LogP contribution is 2.27. The molecular weight excluding hydrogens is 215 g/mol. The molecule has 13 heavy (non-hydrogen) atoms. The van der Waals surface area contributed by atoms with Crippen molar-refractivity contribution < 1.29 is 10.0 Å². The second-order valence-electron chi connectivity index (χ2n) is 2.29.